The Balaban J connectivity index is 2.20. The molecule has 1 atom stereocenters. The Labute approximate surface area is 88.5 Å². The van der Waals surface area contributed by atoms with Crippen LogP contribution < -0.4 is 5.32 Å². The molecule has 0 radical (unpaired) electrons. The Kier molecular flexibility index (Phi) is 4.44. The van der Waals surface area contributed by atoms with E-state index in [2.05, 4.69) is 15.5 Å². The van der Waals surface area contributed by atoms with Gasteiger partial charge in [-0.05, 0) is 19.2 Å². The highest BCUT2D eigenvalue weighted by molar-refractivity contribution is 7.98. The average Bonchev–Trinajstić information content (AvgIpc) is 2.56. The van der Waals surface area contributed by atoms with Gasteiger partial charge < -0.3 is 10.4 Å². The minimum Gasteiger partial charge on any atom is -0.388 e. The fraction of sp³-hybridized carbons (Fsp3) is 0.667. The molecule has 1 aromatic heterocycles. The zero-order valence-corrected chi connectivity index (χ0v) is 9.40. The molecule has 0 aliphatic heterocycles. The summed E-state index contributed by atoms with van der Waals surface area (Å²) >= 11 is 1.65. The summed E-state index contributed by atoms with van der Waals surface area (Å²) in [6.07, 6.45) is 3.71. The van der Waals surface area contributed by atoms with Crippen LogP contribution in [0.5, 0.6) is 0 Å². The van der Waals surface area contributed by atoms with E-state index < -0.39 is 5.60 Å². The molecule has 0 aliphatic carbocycles. The van der Waals surface area contributed by atoms with Gasteiger partial charge >= 0.3 is 0 Å². The zero-order valence-electron chi connectivity index (χ0n) is 8.58. The van der Waals surface area contributed by atoms with Gasteiger partial charge in [-0.1, -0.05) is 0 Å². The maximum atomic E-state index is 9.83. The Morgan fingerprint density at radius 2 is 2.50 bits per heavy atom. The molecule has 0 saturated heterocycles. The molecule has 0 spiro atoms. The summed E-state index contributed by atoms with van der Waals surface area (Å²) in [6.45, 7) is 3.14. The van der Waals surface area contributed by atoms with Gasteiger partial charge in [-0.15, -0.1) is 0 Å². The lowest BCUT2D eigenvalue weighted by atomic mass is 10.1. The van der Waals surface area contributed by atoms with E-state index >= 15 is 0 Å². The number of H-pyrrole nitrogens is 1. The zero-order chi connectivity index (χ0) is 10.4. The van der Waals surface area contributed by atoms with Crippen LogP contribution in [0.4, 0.5) is 0 Å². The minimum absolute atomic E-state index is 0.590. The first kappa shape index (κ1) is 11.6. The van der Waals surface area contributed by atoms with Gasteiger partial charge in [-0.3, -0.25) is 5.10 Å². The van der Waals surface area contributed by atoms with Crippen LogP contribution in [0.15, 0.2) is 12.3 Å². The van der Waals surface area contributed by atoms with Crippen LogP contribution in [0, 0.1) is 0 Å². The highest BCUT2D eigenvalue weighted by Gasteiger charge is 2.18. The largest absolute Gasteiger partial charge is 0.388 e. The predicted molar refractivity (Wildman–Crippen MR) is 59.3 cm³/mol. The van der Waals surface area contributed by atoms with Crippen molar-refractivity contribution in [2.75, 3.05) is 18.6 Å². The molecular formula is C9H17N3OS. The van der Waals surface area contributed by atoms with Crippen LogP contribution in [-0.2, 0) is 6.54 Å². The molecule has 0 saturated carbocycles. The highest BCUT2D eigenvalue weighted by Crippen LogP contribution is 2.09. The monoisotopic (exact) mass is 215 g/mol. The van der Waals surface area contributed by atoms with Crippen molar-refractivity contribution in [3.8, 4) is 0 Å². The molecule has 4 nitrogen and oxygen atoms in total. The number of nitrogens with zero attached hydrogens (tertiary/aromatic N) is 1. The second-order valence-electron chi connectivity index (χ2n) is 3.62. The van der Waals surface area contributed by atoms with Crippen molar-refractivity contribution in [2.24, 2.45) is 0 Å². The molecule has 1 rings (SSSR count). The fourth-order valence-electron chi connectivity index (χ4n) is 1.21. The van der Waals surface area contributed by atoms with Gasteiger partial charge in [-0.25, -0.2) is 0 Å². The van der Waals surface area contributed by atoms with E-state index in [1.54, 1.807) is 18.0 Å². The number of nitrogens with one attached hydrogen (secondary N) is 2. The van der Waals surface area contributed by atoms with Gasteiger partial charge in [0.2, 0.25) is 0 Å². The van der Waals surface area contributed by atoms with Gasteiger partial charge in [0.1, 0.15) is 0 Å². The Hall–Kier alpha value is -0.520. The van der Waals surface area contributed by atoms with E-state index in [1.165, 1.54) is 0 Å². The fourth-order valence-corrected chi connectivity index (χ4v) is 1.94. The van der Waals surface area contributed by atoms with Crippen molar-refractivity contribution in [2.45, 2.75) is 19.1 Å². The van der Waals surface area contributed by atoms with Crippen molar-refractivity contribution >= 4 is 11.8 Å². The van der Waals surface area contributed by atoms with E-state index in [0.717, 1.165) is 11.4 Å². The molecule has 0 aliphatic rings. The number of hydrogen-bond acceptors (Lipinski definition) is 4. The lowest BCUT2D eigenvalue weighted by Gasteiger charge is -2.22. The highest BCUT2D eigenvalue weighted by atomic mass is 32.2. The van der Waals surface area contributed by atoms with E-state index in [0.29, 0.717) is 13.1 Å². The maximum Gasteiger partial charge on any atom is 0.0833 e. The predicted octanol–water partition coefficient (Wildman–Crippen LogP) is 0.613. The first-order valence-electron chi connectivity index (χ1n) is 4.54. The van der Waals surface area contributed by atoms with Crippen molar-refractivity contribution in [3.05, 3.63) is 18.0 Å². The van der Waals surface area contributed by atoms with Gasteiger partial charge in [-0.2, -0.15) is 16.9 Å². The summed E-state index contributed by atoms with van der Waals surface area (Å²) in [5, 5.41) is 19.7. The van der Waals surface area contributed by atoms with Crippen molar-refractivity contribution in [1.82, 2.24) is 15.5 Å². The number of rotatable bonds is 6. The Bertz CT molecular complexity index is 249. The van der Waals surface area contributed by atoms with Crippen molar-refractivity contribution in [1.29, 1.82) is 0 Å². The summed E-state index contributed by atoms with van der Waals surface area (Å²) in [5.41, 5.74) is 0.393. The van der Waals surface area contributed by atoms with Gasteiger partial charge in [0.15, 0.2) is 0 Å². The lowest BCUT2D eigenvalue weighted by Crippen LogP contribution is -2.39. The first-order valence-corrected chi connectivity index (χ1v) is 5.94. The van der Waals surface area contributed by atoms with Gasteiger partial charge in [0.25, 0.3) is 0 Å². The summed E-state index contributed by atoms with van der Waals surface area (Å²) < 4.78 is 0. The molecule has 0 bridgehead atoms. The van der Waals surface area contributed by atoms with Crippen LogP contribution >= 0.6 is 11.8 Å². The number of thioether (sulfide) groups is 1. The third-order valence-corrected chi connectivity index (χ3v) is 2.75. The maximum absolute atomic E-state index is 9.83. The third kappa shape index (κ3) is 4.13. The average molecular weight is 215 g/mol. The molecule has 80 valence electrons. The summed E-state index contributed by atoms with van der Waals surface area (Å²) in [5.74, 6) is 0.739. The van der Waals surface area contributed by atoms with E-state index in [-0.39, 0.29) is 0 Å². The van der Waals surface area contributed by atoms with Crippen LogP contribution in [0.3, 0.4) is 0 Å². The number of aliphatic hydroxyl groups is 1. The standard InChI is InChI=1S/C9H17N3OS/c1-9(13,7-14-2)6-10-5-8-3-4-11-12-8/h3-4,10,13H,5-7H2,1-2H3,(H,11,12). The number of aromatic nitrogens is 2. The van der Waals surface area contributed by atoms with E-state index in [4.69, 9.17) is 0 Å². The molecule has 14 heavy (non-hydrogen) atoms. The van der Waals surface area contributed by atoms with Gasteiger partial charge in [0.05, 0.1) is 5.60 Å². The molecular weight excluding hydrogens is 198 g/mol. The second kappa shape index (κ2) is 5.38. The number of hydrogen-bond donors (Lipinski definition) is 3. The molecule has 0 fully saturated rings. The Morgan fingerprint density at radius 1 is 1.71 bits per heavy atom. The quantitative estimate of drug-likeness (QED) is 0.651. The number of aromatic amines is 1. The summed E-state index contributed by atoms with van der Waals surface area (Å²) in [4.78, 5) is 0. The van der Waals surface area contributed by atoms with Crippen LogP contribution in [-0.4, -0.2) is 39.5 Å². The molecule has 1 heterocycles. The summed E-state index contributed by atoms with van der Waals surface area (Å²) in [6, 6.07) is 1.91. The second-order valence-corrected chi connectivity index (χ2v) is 4.48. The van der Waals surface area contributed by atoms with Crippen LogP contribution in [0.25, 0.3) is 0 Å². The van der Waals surface area contributed by atoms with E-state index in [1.807, 2.05) is 19.2 Å². The lowest BCUT2D eigenvalue weighted by molar-refractivity contribution is 0.0845. The van der Waals surface area contributed by atoms with Crippen LogP contribution in [0.1, 0.15) is 12.6 Å². The third-order valence-electron chi connectivity index (χ3n) is 1.83. The topological polar surface area (TPSA) is 60.9 Å². The molecule has 1 unspecified atom stereocenters. The summed E-state index contributed by atoms with van der Waals surface area (Å²) in [7, 11) is 0. The van der Waals surface area contributed by atoms with Crippen molar-refractivity contribution in [3.63, 3.8) is 0 Å². The molecule has 3 N–H and O–H groups in total. The van der Waals surface area contributed by atoms with E-state index in [9.17, 15) is 5.11 Å². The normalized spacial score (nSPS) is 15.4. The molecule has 0 amide bonds. The first-order chi connectivity index (χ1) is 6.64. The molecule has 1 aromatic rings. The van der Waals surface area contributed by atoms with Gasteiger partial charge in [0, 0.05) is 30.7 Å². The minimum atomic E-state index is -0.639. The smallest absolute Gasteiger partial charge is 0.0833 e. The molecule has 5 heteroatoms. The Morgan fingerprint density at radius 3 is 3.07 bits per heavy atom. The SMILES string of the molecule is CSCC(C)(O)CNCc1ccn[nH]1. The van der Waals surface area contributed by atoms with Crippen LogP contribution in [0.2, 0.25) is 0 Å². The van der Waals surface area contributed by atoms with Crippen molar-refractivity contribution < 1.29 is 5.11 Å². The molecule has 0 aromatic carbocycles.